The number of benzene rings is 1. The lowest BCUT2D eigenvalue weighted by molar-refractivity contribution is 0.0511. The Morgan fingerprint density at radius 1 is 1.42 bits per heavy atom. The van der Waals surface area contributed by atoms with Crippen molar-refractivity contribution in [2.75, 3.05) is 6.61 Å². The summed E-state index contributed by atoms with van der Waals surface area (Å²) in [6, 6.07) is 8.50. The quantitative estimate of drug-likeness (QED) is 0.667. The van der Waals surface area contributed by atoms with Crippen molar-refractivity contribution in [3.05, 3.63) is 52.8 Å². The molecule has 0 radical (unpaired) electrons. The molecule has 1 aliphatic rings. The van der Waals surface area contributed by atoms with Crippen molar-refractivity contribution >= 4 is 5.97 Å². The first-order valence-corrected chi connectivity index (χ1v) is 8.80. The van der Waals surface area contributed by atoms with E-state index in [1.807, 2.05) is 25.1 Å². The van der Waals surface area contributed by atoms with Crippen molar-refractivity contribution in [3.63, 3.8) is 0 Å². The van der Waals surface area contributed by atoms with Gasteiger partial charge in [0.25, 0.3) is 6.43 Å². The Bertz CT molecular complexity index is 772. The van der Waals surface area contributed by atoms with Crippen LogP contribution in [0.15, 0.2) is 30.5 Å². The summed E-state index contributed by atoms with van der Waals surface area (Å²) in [4.78, 5) is 14.0. The Morgan fingerprint density at radius 3 is 2.81 bits per heavy atom. The third-order valence-electron chi connectivity index (χ3n) is 4.43. The fourth-order valence-electron chi connectivity index (χ4n) is 3.06. The van der Waals surface area contributed by atoms with E-state index in [0.717, 1.165) is 24.0 Å². The van der Waals surface area contributed by atoms with Crippen LogP contribution in [0.5, 0.6) is 0 Å². The zero-order valence-corrected chi connectivity index (χ0v) is 15.0. The van der Waals surface area contributed by atoms with Crippen LogP contribution >= 0.6 is 0 Å². The average molecular weight is 363 g/mol. The van der Waals surface area contributed by atoms with Crippen molar-refractivity contribution in [2.24, 2.45) is 0 Å². The van der Waals surface area contributed by atoms with Crippen molar-refractivity contribution in [1.82, 2.24) is 14.7 Å². The van der Waals surface area contributed by atoms with Crippen molar-refractivity contribution in [2.45, 2.75) is 52.4 Å². The van der Waals surface area contributed by atoms with E-state index in [9.17, 15) is 13.6 Å². The van der Waals surface area contributed by atoms with Gasteiger partial charge in [-0.3, -0.25) is 4.90 Å². The van der Waals surface area contributed by atoms with Gasteiger partial charge in [0.2, 0.25) is 0 Å². The summed E-state index contributed by atoms with van der Waals surface area (Å²) in [5.74, 6) is -0.759. The highest BCUT2D eigenvalue weighted by molar-refractivity contribution is 5.90. The van der Waals surface area contributed by atoms with Gasteiger partial charge in [-0.1, -0.05) is 29.8 Å². The minimum absolute atomic E-state index is 0.133. The molecular formula is C19H23F2N3O2. The van der Waals surface area contributed by atoms with E-state index in [2.05, 4.69) is 16.1 Å². The molecule has 140 valence electrons. The molecule has 26 heavy (non-hydrogen) atoms. The van der Waals surface area contributed by atoms with Gasteiger partial charge in [0.15, 0.2) is 0 Å². The highest BCUT2D eigenvalue weighted by Gasteiger charge is 2.32. The summed E-state index contributed by atoms with van der Waals surface area (Å²) in [5, 5.41) is 4.04. The zero-order valence-electron chi connectivity index (χ0n) is 15.0. The number of aromatic nitrogens is 2. The number of hydrogen-bond donors (Lipinski definition) is 0. The number of carbonyl (C=O) groups excluding carboxylic acids is 1. The predicted octanol–water partition coefficient (Wildman–Crippen LogP) is 3.93. The molecule has 1 aromatic carbocycles. The summed E-state index contributed by atoms with van der Waals surface area (Å²) in [6.07, 6.45) is 0.470. The molecule has 0 unspecified atom stereocenters. The Balaban J connectivity index is 1.82. The lowest BCUT2D eigenvalue weighted by Gasteiger charge is -2.23. The minimum atomic E-state index is -2.79. The molecule has 1 heterocycles. The third kappa shape index (κ3) is 4.27. The molecule has 7 heteroatoms. The molecule has 0 N–H and O–H groups in total. The number of nitrogens with zero attached hydrogens (tertiary/aromatic N) is 3. The fourth-order valence-corrected chi connectivity index (χ4v) is 3.06. The number of aryl methyl sites for hydroxylation is 1. The molecule has 0 bridgehead atoms. The van der Waals surface area contributed by atoms with Crippen LogP contribution in [0.2, 0.25) is 0 Å². The lowest BCUT2D eigenvalue weighted by Crippen LogP contribution is -2.30. The largest absolute Gasteiger partial charge is 0.462 e. The van der Waals surface area contributed by atoms with E-state index in [1.54, 1.807) is 6.92 Å². The normalized spacial score (nSPS) is 14.2. The predicted molar refractivity (Wildman–Crippen MR) is 92.9 cm³/mol. The number of rotatable bonds is 8. The molecule has 1 aromatic heterocycles. The number of carbonyl (C=O) groups is 1. The van der Waals surface area contributed by atoms with Crippen LogP contribution in [-0.2, 0) is 18.0 Å². The Hall–Kier alpha value is -2.28. The molecule has 0 spiro atoms. The lowest BCUT2D eigenvalue weighted by atomic mass is 10.1. The van der Waals surface area contributed by atoms with Gasteiger partial charge in [0.1, 0.15) is 11.3 Å². The first kappa shape index (κ1) is 18.5. The second-order valence-electron chi connectivity index (χ2n) is 6.57. The minimum Gasteiger partial charge on any atom is -0.462 e. The summed E-state index contributed by atoms with van der Waals surface area (Å²) in [5.41, 5.74) is 1.76. The molecule has 1 aliphatic carbocycles. The van der Waals surface area contributed by atoms with Gasteiger partial charge >= 0.3 is 5.97 Å². The zero-order chi connectivity index (χ0) is 18.7. The molecular weight excluding hydrogens is 340 g/mol. The summed E-state index contributed by atoms with van der Waals surface area (Å²) >= 11 is 0. The molecule has 1 saturated carbocycles. The second-order valence-corrected chi connectivity index (χ2v) is 6.57. The number of ether oxygens (including phenoxy) is 1. The van der Waals surface area contributed by atoms with E-state index in [0.29, 0.717) is 12.6 Å². The van der Waals surface area contributed by atoms with Crippen LogP contribution in [0, 0.1) is 6.92 Å². The van der Waals surface area contributed by atoms with Crippen molar-refractivity contribution in [3.8, 4) is 0 Å². The van der Waals surface area contributed by atoms with E-state index >= 15 is 0 Å². The van der Waals surface area contributed by atoms with Crippen molar-refractivity contribution in [1.29, 1.82) is 0 Å². The van der Waals surface area contributed by atoms with E-state index in [1.165, 1.54) is 10.9 Å². The highest BCUT2D eigenvalue weighted by Crippen LogP contribution is 2.30. The van der Waals surface area contributed by atoms with Crippen molar-refractivity contribution < 1.29 is 18.3 Å². The van der Waals surface area contributed by atoms with Crippen LogP contribution in [0.3, 0.4) is 0 Å². The van der Waals surface area contributed by atoms with Gasteiger partial charge in [-0.15, -0.1) is 0 Å². The van der Waals surface area contributed by atoms with Gasteiger partial charge < -0.3 is 4.74 Å². The Kier molecular flexibility index (Phi) is 5.66. The van der Waals surface area contributed by atoms with Crippen LogP contribution in [0.4, 0.5) is 8.78 Å². The smallest absolute Gasteiger partial charge is 0.341 e. The van der Waals surface area contributed by atoms with Crippen LogP contribution in [0.25, 0.3) is 0 Å². The topological polar surface area (TPSA) is 47.4 Å². The van der Waals surface area contributed by atoms with E-state index in [-0.39, 0.29) is 24.5 Å². The summed E-state index contributed by atoms with van der Waals surface area (Å²) < 4.78 is 33.3. The molecule has 5 nitrogen and oxygen atoms in total. The first-order chi connectivity index (χ1) is 12.5. The number of halogens is 2. The van der Waals surface area contributed by atoms with Gasteiger partial charge in [-0.05, 0) is 32.3 Å². The summed E-state index contributed by atoms with van der Waals surface area (Å²) in [6.45, 7) is 4.68. The molecule has 1 fully saturated rings. The SMILES string of the molecule is CCOC(=O)c1cnn(CN(Cc2cccc(C)c2)C2CC2)c1C(F)F. The molecule has 2 aromatic rings. The maximum Gasteiger partial charge on any atom is 0.341 e. The third-order valence-corrected chi connectivity index (χ3v) is 4.43. The van der Waals surface area contributed by atoms with Crippen LogP contribution in [0.1, 0.15) is 53.4 Å². The maximum atomic E-state index is 13.6. The maximum absolute atomic E-state index is 13.6. The fraction of sp³-hybridized carbons (Fsp3) is 0.474. The van der Waals surface area contributed by atoms with E-state index in [4.69, 9.17) is 4.74 Å². The first-order valence-electron chi connectivity index (χ1n) is 8.80. The van der Waals surface area contributed by atoms with Gasteiger partial charge in [-0.25, -0.2) is 18.3 Å². The van der Waals surface area contributed by atoms with Gasteiger partial charge in [0, 0.05) is 12.6 Å². The number of alkyl halides is 2. The van der Waals surface area contributed by atoms with Gasteiger partial charge in [-0.2, -0.15) is 5.10 Å². The average Bonchev–Trinajstić information content (AvgIpc) is 3.34. The van der Waals surface area contributed by atoms with Crippen LogP contribution < -0.4 is 0 Å². The highest BCUT2D eigenvalue weighted by atomic mass is 19.3. The number of esters is 1. The monoisotopic (exact) mass is 363 g/mol. The van der Waals surface area contributed by atoms with E-state index < -0.39 is 12.4 Å². The molecule has 0 saturated heterocycles. The second kappa shape index (κ2) is 7.95. The Labute approximate surface area is 151 Å². The molecule has 3 rings (SSSR count). The number of hydrogen-bond acceptors (Lipinski definition) is 4. The Morgan fingerprint density at radius 2 is 2.19 bits per heavy atom. The molecule has 0 atom stereocenters. The summed E-state index contributed by atoms with van der Waals surface area (Å²) in [7, 11) is 0. The molecule has 0 aliphatic heterocycles. The van der Waals surface area contributed by atoms with Gasteiger partial charge in [0.05, 0.1) is 19.5 Å². The molecule has 0 amide bonds. The van der Waals surface area contributed by atoms with Crippen LogP contribution in [-0.4, -0.2) is 33.3 Å². The standard InChI is InChI=1S/C19H23F2N3O2/c1-3-26-19(25)16-10-22-24(17(16)18(20)21)12-23(15-7-8-15)11-14-6-4-5-13(2)9-14/h4-6,9-10,15,18H,3,7-8,11-12H2,1-2H3.